The Morgan fingerprint density at radius 1 is 1.14 bits per heavy atom. The average Bonchev–Trinajstić information content (AvgIpc) is 2.97. The van der Waals surface area contributed by atoms with E-state index >= 15 is 0 Å². The van der Waals surface area contributed by atoms with E-state index in [4.69, 9.17) is 4.52 Å². The van der Waals surface area contributed by atoms with Gasteiger partial charge >= 0.3 is 0 Å². The van der Waals surface area contributed by atoms with E-state index < -0.39 is 11.7 Å². The molecule has 3 aromatic rings. The first kappa shape index (κ1) is 13.0. The van der Waals surface area contributed by atoms with Crippen LogP contribution in [0.5, 0.6) is 0 Å². The van der Waals surface area contributed by atoms with E-state index in [-0.39, 0.29) is 11.4 Å². The van der Waals surface area contributed by atoms with Gasteiger partial charge in [-0.2, -0.15) is 0 Å². The summed E-state index contributed by atoms with van der Waals surface area (Å²) in [6, 6.07) is 10.8. The highest BCUT2D eigenvalue weighted by atomic mass is 19.1. The molecule has 0 aliphatic carbocycles. The molecule has 0 aliphatic rings. The first-order valence-electron chi connectivity index (χ1n) is 6.17. The Bertz CT molecular complexity index is 771. The summed E-state index contributed by atoms with van der Waals surface area (Å²) in [6.45, 7) is 0. The predicted octanol–water partition coefficient (Wildman–Crippen LogP) is 3.13. The van der Waals surface area contributed by atoms with Crippen molar-refractivity contribution in [2.75, 3.05) is 5.32 Å². The van der Waals surface area contributed by atoms with Gasteiger partial charge in [0.05, 0.1) is 5.56 Å². The highest BCUT2D eigenvalue weighted by Crippen LogP contribution is 2.21. The quantitative estimate of drug-likeness (QED) is 0.801. The third-order valence-electron chi connectivity index (χ3n) is 2.84. The Morgan fingerprint density at radius 2 is 1.90 bits per heavy atom. The third-order valence-corrected chi connectivity index (χ3v) is 2.84. The number of anilines is 1. The molecule has 2 aromatic heterocycles. The maximum Gasteiger partial charge on any atom is 0.261 e. The van der Waals surface area contributed by atoms with E-state index in [0.717, 1.165) is 5.56 Å². The second kappa shape index (κ2) is 5.54. The molecule has 3 rings (SSSR count). The summed E-state index contributed by atoms with van der Waals surface area (Å²) in [5.74, 6) is -1.04. The van der Waals surface area contributed by atoms with E-state index in [1.54, 1.807) is 36.7 Å². The average molecular weight is 283 g/mol. The molecule has 0 bridgehead atoms. The van der Waals surface area contributed by atoms with Crippen LogP contribution in [0.2, 0.25) is 0 Å². The fourth-order valence-electron chi connectivity index (χ4n) is 1.82. The lowest BCUT2D eigenvalue weighted by Gasteiger charge is -2.01. The largest absolute Gasteiger partial charge is 0.338 e. The fourth-order valence-corrected chi connectivity index (χ4v) is 1.82. The number of hydrogen-bond donors (Lipinski definition) is 1. The van der Waals surface area contributed by atoms with Gasteiger partial charge < -0.3 is 4.52 Å². The number of nitrogens with one attached hydrogen (secondary N) is 1. The monoisotopic (exact) mass is 283 g/mol. The van der Waals surface area contributed by atoms with Crippen LogP contribution in [0, 0.1) is 5.82 Å². The van der Waals surface area contributed by atoms with Crippen molar-refractivity contribution < 1.29 is 13.7 Å². The molecular weight excluding hydrogens is 273 g/mol. The van der Waals surface area contributed by atoms with Crippen LogP contribution >= 0.6 is 0 Å². The minimum Gasteiger partial charge on any atom is -0.338 e. The van der Waals surface area contributed by atoms with Gasteiger partial charge in [0, 0.05) is 24.0 Å². The lowest BCUT2D eigenvalue weighted by atomic mass is 10.2. The molecule has 5 nitrogen and oxygen atoms in total. The molecule has 0 saturated heterocycles. The molecule has 0 unspecified atom stereocenters. The lowest BCUT2D eigenvalue weighted by molar-refractivity contribution is 0.102. The van der Waals surface area contributed by atoms with Gasteiger partial charge in [-0.3, -0.25) is 15.1 Å². The second-order valence-corrected chi connectivity index (χ2v) is 4.25. The van der Waals surface area contributed by atoms with Crippen molar-refractivity contribution in [2.45, 2.75) is 0 Å². The van der Waals surface area contributed by atoms with Gasteiger partial charge in [-0.25, -0.2) is 4.39 Å². The maximum absolute atomic E-state index is 13.5. The molecule has 0 radical (unpaired) electrons. The summed E-state index contributed by atoms with van der Waals surface area (Å²) in [5.41, 5.74) is 1.31. The number of nitrogens with zero attached hydrogens (tertiary/aromatic N) is 2. The lowest BCUT2D eigenvalue weighted by Crippen LogP contribution is -2.13. The van der Waals surface area contributed by atoms with E-state index in [1.165, 1.54) is 18.2 Å². The van der Waals surface area contributed by atoms with Gasteiger partial charge in [-0.05, 0) is 24.3 Å². The highest BCUT2D eigenvalue weighted by Gasteiger charge is 2.14. The topological polar surface area (TPSA) is 68.0 Å². The third kappa shape index (κ3) is 2.79. The number of halogens is 1. The van der Waals surface area contributed by atoms with Gasteiger partial charge in [0.1, 0.15) is 11.5 Å². The molecule has 1 N–H and O–H groups in total. The minimum atomic E-state index is -0.594. The van der Waals surface area contributed by atoms with Crippen molar-refractivity contribution in [3.05, 3.63) is 66.2 Å². The molecular formula is C15H10FN3O2. The number of hydrogen-bond acceptors (Lipinski definition) is 4. The zero-order valence-electron chi connectivity index (χ0n) is 10.8. The normalized spacial score (nSPS) is 10.3. The Kier molecular flexibility index (Phi) is 3.42. The molecule has 21 heavy (non-hydrogen) atoms. The van der Waals surface area contributed by atoms with Crippen LogP contribution in [0.4, 0.5) is 10.3 Å². The Balaban J connectivity index is 1.79. The van der Waals surface area contributed by atoms with Crippen LogP contribution in [0.3, 0.4) is 0 Å². The molecule has 0 fully saturated rings. The first-order chi connectivity index (χ1) is 10.2. The van der Waals surface area contributed by atoms with Crippen LogP contribution in [0.25, 0.3) is 11.3 Å². The standard InChI is InChI=1S/C15H10FN3O2/c16-12-4-2-1-3-11(12)15(20)18-14-9-13(19-21-14)10-5-7-17-8-6-10/h1-9H,(H,18,20). The maximum atomic E-state index is 13.5. The predicted molar refractivity (Wildman–Crippen MR) is 74.1 cm³/mol. The molecule has 0 saturated carbocycles. The summed E-state index contributed by atoms with van der Waals surface area (Å²) in [6.07, 6.45) is 3.25. The molecule has 0 aliphatic heterocycles. The summed E-state index contributed by atoms with van der Waals surface area (Å²) < 4.78 is 18.5. The fraction of sp³-hybridized carbons (Fsp3) is 0. The summed E-state index contributed by atoms with van der Waals surface area (Å²) >= 11 is 0. The SMILES string of the molecule is O=C(Nc1cc(-c2ccncc2)no1)c1ccccc1F. The highest BCUT2D eigenvalue weighted by molar-refractivity contribution is 6.03. The van der Waals surface area contributed by atoms with E-state index in [9.17, 15) is 9.18 Å². The van der Waals surface area contributed by atoms with Crippen LogP contribution in [0.1, 0.15) is 10.4 Å². The molecule has 1 amide bonds. The van der Waals surface area contributed by atoms with Gasteiger partial charge in [0.25, 0.3) is 5.91 Å². The van der Waals surface area contributed by atoms with Crippen molar-refractivity contribution in [1.82, 2.24) is 10.1 Å². The van der Waals surface area contributed by atoms with Crippen LogP contribution in [-0.2, 0) is 0 Å². The number of rotatable bonds is 3. The zero-order chi connectivity index (χ0) is 14.7. The first-order valence-corrected chi connectivity index (χ1v) is 6.17. The van der Waals surface area contributed by atoms with Gasteiger partial charge in [0.15, 0.2) is 0 Å². The van der Waals surface area contributed by atoms with Crippen molar-refractivity contribution >= 4 is 11.8 Å². The van der Waals surface area contributed by atoms with E-state index in [2.05, 4.69) is 15.5 Å². The Hall–Kier alpha value is -3.02. The molecule has 104 valence electrons. The molecule has 2 heterocycles. The Labute approximate surface area is 119 Å². The van der Waals surface area contributed by atoms with Crippen molar-refractivity contribution in [3.8, 4) is 11.3 Å². The number of carbonyl (C=O) groups is 1. The number of benzene rings is 1. The van der Waals surface area contributed by atoms with Gasteiger partial charge in [-0.15, -0.1) is 0 Å². The van der Waals surface area contributed by atoms with Crippen molar-refractivity contribution in [3.63, 3.8) is 0 Å². The van der Waals surface area contributed by atoms with Gasteiger partial charge in [0.2, 0.25) is 5.88 Å². The van der Waals surface area contributed by atoms with Gasteiger partial charge in [-0.1, -0.05) is 17.3 Å². The summed E-state index contributed by atoms with van der Waals surface area (Å²) in [5, 5.41) is 6.31. The number of pyridine rings is 1. The van der Waals surface area contributed by atoms with Crippen LogP contribution in [0.15, 0.2) is 59.4 Å². The van der Waals surface area contributed by atoms with E-state index in [0.29, 0.717) is 5.69 Å². The smallest absolute Gasteiger partial charge is 0.261 e. The van der Waals surface area contributed by atoms with Crippen LogP contribution in [-0.4, -0.2) is 16.0 Å². The number of amides is 1. The van der Waals surface area contributed by atoms with E-state index in [1.807, 2.05) is 0 Å². The zero-order valence-corrected chi connectivity index (χ0v) is 10.8. The molecule has 1 aromatic carbocycles. The van der Waals surface area contributed by atoms with Crippen molar-refractivity contribution in [2.24, 2.45) is 0 Å². The molecule has 0 spiro atoms. The Morgan fingerprint density at radius 3 is 2.67 bits per heavy atom. The second-order valence-electron chi connectivity index (χ2n) is 4.25. The molecule has 6 heteroatoms. The summed E-state index contributed by atoms with van der Waals surface area (Å²) in [4.78, 5) is 15.8. The minimum absolute atomic E-state index is 0.0561. The van der Waals surface area contributed by atoms with Crippen LogP contribution < -0.4 is 5.32 Å². The van der Waals surface area contributed by atoms with Crippen molar-refractivity contribution in [1.29, 1.82) is 0 Å². The molecule has 0 atom stereocenters. The number of aromatic nitrogens is 2. The summed E-state index contributed by atoms with van der Waals surface area (Å²) in [7, 11) is 0. The number of carbonyl (C=O) groups excluding carboxylic acids is 1.